The summed E-state index contributed by atoms with van der Waals surface area (Å²) in [5, 5.41) is 19.2. The number of nitrogens with one attached hydrogen (secondary N) is 2. The van der Waals surface area contributed by atoms with Crippen molar-refractivity contribution in [3.63, 3.8) is 0 Å². The maximum absolute atomic E-state index is 13.7. The molecular weight excluding hydrogens is 578 g/mol. The fourth-order valence-electron chi connectivity index (χ4n) is 4.77. The Kier molecular flexibility index (Phi) is 9.62. The molecule has 0 saturated carbocycles. The maximum atomic E-state index is 13.7. The Morgan fingerprint density at radius 2 is 1.91 bits per heavy atom. The fraction of sp³-hybridized carbons (Fsp3) is 0.414. The first kappa shape index (κ1) is 31.8. The number of sulfonamides is 1. The number of aliphatic hydroxyl groups is 1. The van der Waals surface area contributed by atoms with Crippen molar-refractivity contribution < 1.29 is 37.1 Å². The molecule has 2 heterocycles. The van der Waals surface area contributed by atoms with Gasteiger partial charge in [0.1, 0.15) is 23.2 Å². The highest BCUT2D eigenvalue weighted by molar-refractivity contribution is 7.89. The number of likely N-dealkylation sites (N-methyl/N-ethyl adjacent to an activating group) is 1. The summed E-state index contributed by atoms with van der Waals surface area (Å²) in [5.74, 6) is 0.269. The molecule has 14 heteroatoms. The number of amides is 3. The normalized spacial score (nSPS) is 17.9. The molecule has 3 aromatic rings. The molecule has 3 amide bonds. The minimum Gasteiger partial charge on any atom is -0.497 e. The zero-order valence-electron chi connectivity index (χ0n) is 24.9. The number of methoxy groups -OCH3 is 1. The molecule has 0 unspecified atom stereocenters. The topological polar surface area (TPSA) is 164 Å². The molecule has 2 aromatic carbocycles. The van der Waals surface area contributed by atoms with Crippen molar-refractivity contribution in [2.45, 2.75) is 44.7 Å². The number of carbonyl (C=O) groups is 2. The number of anilines is 2. The zero-order chi connectivity index (χ0) is 31.5. The van der Waals surface area contributed by atoms with Gasteiger partial charge in [0.25, 0.3) is 5.91 Å². The van der Waals surface area contributed by atoms with Crippen LogP contribution in [0.2, 0.25) is 0 Å². The Balaban J connectivity index is 1.69. The number of ether oxygens (including phenoxy) is 2. The largest absolute Gasteiger partial charge is 0.497 e. The van der Waals surface area contributed by atoms with Crippen LogP contribution < -0.4 is 20.1 Å². The first-order chi connectivity index (χ1) is 20.4. The molecule has 0 spiro atoms. The van der Waals surface area contributed by atoms with Crippen LogP contribution in [0.1, 0.15) is 35.7 Å². The lowest BCUT2D eigenvalue weighted by Crippen LogP contribution is -2.50. The van der Waals surface area contributed by atoms with E-state index in [1.807, 2.05) is 6.92 Å². The number of fused-ring (bicyclic) bond motifs is 1. The highest BCUT2D eigenvalue weighted by atomic mass is 32.2. The van der Waals surface area contributed by atoms with Gasteiger partial charge >= 0.3 is 6.03 Å². The van der Waals surface area contributed by atoms with Gasteiger partial charge < -0.3 is 34.6 Å². The Bertz CT molecular complexity index is 1550. The summed E-state index contributed by atoms with van der Waals surface area (Å²) in [6, 6.07) is 9.67. The van der Waals surface area contributed by atoms with E-state index in [-0.39, 0.29) is 47.5 Å². The highest BCUT2D eigenvalue weighted by Crippen LogP contribution is 2.35. The number of nitrogens with zero attached hydrogens (tertiary/aromatic N) is 3. The summed E-state index contributed by atoms with van der Waals surface area (Å²) in [4.78, 5) is 28.3. The van der Waals surface area contributed by atoms with Gasteiger partial charge in [-0.15, -0.1) is 0 Å². The quantitative estimate of drug-likeness (QED) is 0.327. The highest BCUT2D eigenvalue weighted by Gasteiger charge is 2.36. The number of aliphatic hydroxyl groups excluding tert-OH is 1. The predicted molar refractivity (Wildman–Crippen MR) is 159 cm³/mol. The molecule has 43 heavy (non-hydrogen) atoms. The second-order valence-electron chi connectivity index (χ2n) is 10.5. The van der Waals surface area contributed by atoms with E-state index in [9.17, 15) is 23.1 Å². The first-order valence-corrected chi connectivity index (χ1v) is 15.1. The van der Waals surface area contributed by atoms with E-state index in [2.05, 4.69) is 15.8 Å². The molecule has 0 fully saturated rings. The molecular formula is C29H37N5O8S. The molecule has 3 N–H and O–H groups in total. The van der Waals surface area contributed by atoms with Crippen LogP contribution in [0.5, 0.6) is 11.5 Å². The lowest BCUT2D eigenvalue weighted by molar-refractivity contribution is 0.0389. The lowest BCUT2D eigenvalue weighted by atomic mass is 9.99. The third kappa shape index (κ3) is 6.76. The Morgan fingerprint density at radius 1 is 1.21 bits per heavy atom. The van der Waals surface area contributed by atoms with Gasteiger partial charge in [0, 0.05) is 19.5 Å². The number of carbonyl (C=O) groups excluding carboxylic acids is 2. The number of benzene rings is 2. The number of para-hydroxylation sites is 1. The minimum absolute atomic E-state index is 0.0654. The standard InChI is InChI=1S/C29H37N5O8S/c1-17-14-34(18(2)16-35)28(36)23-8-7-9-24(30-29(37)31-26-19(3)32-42-20(26)4)27(23)41-25(17)15-33(5)43(38,39)22-12-10-21(40-6)11-13-22/h7-13,17-18,25,35H,14-16H2,1-6H3,(H2,30,31,37)/t17-,18+,25-/m1/s1. The molecule has 4 rings (SSSR count). The van der Waals surface area contributed by atoms with E-state index >= 15 is 0 Å². The lowest BCUT2D eigenvalue weighted by Gasteiger charge is -2.38. The summed E-state index contributed by atoms with van der Waals surface area (Å²) in [7, 11) is -0.964. The van der Waals surface area contributed by atoms with Crippen LogP contribution in [-0.4, -0.2) is 85.8 Å². The van der Waals surface area contributed by atoms with Gasteiger partial charge in [-0.25, -0.2) is 13.2 Å². The van der Waals surface area contributed by atoms with E-state index in [4.69, 9.17) is 14.0 Å². The van der Waals surface area contributed by atoms with Crippen molar-refractivity contribution in [2.75, 3.05) is 44.5 Å². The summed E-state index contributed by atoms with van der Waals surface area (Å²) >= 11 is 0. The molecule has 0 bridgehead atoms. The molecule has 0 saturated heterocycles. The van der Waals surface area contributed by atoms with Crippen molar-refractivity contribution in [3.05, 3.63) is 59.5 Å². The second kappa shape index (κ2) is 13.0. The van der Waals surface area contributed by atoms with Gasteiger partial charge in [0.15, 0.2) is 11.5 Å². The number of aryl methyl sites for hydroxylation is 2. The molecule has 1 aliphatic heterocycles. The van der Waals surface area contributed by atoms with E-state index < -0.39 is 34.1 Å². The van der Waals surface area contributed by atoms with Crippen LogP contribution in [0, 0.1) is 19.8 Å². The molecule has 0 aliphatic carbocycles. The Morgan fingerprint density at radius 3 is 2.51 bits per heavy atom. The summed E-state index contributed by atoms with van der Waals surface area (Å²) in [6.45, 7) is 6.77. The summed E-state index contributed by atoms with van der Waals surface area (Å²) in [5.41, 5.74) is 1.26. The van der Waals surface area contributed by atoms with Crippen LogP contribution in [0.3, 0.4) is 0 Å². The maximum Gasteiger partial charge on any atom is 0.323 e. The zero-order valence-corrected chi connectivity index (χ0v) is 25.8. The van der Waals surface area contributed by atoms with Crippen LogP contribution in [-0.2, 0) is 10.0 Å². The third-order valence-corrected chi connectivity index (χ3v) is 9.25. The third-order valence-electron chi connectivity index (χ3n) is 7.42. The van der Waals surface area contributed by atoms with Crippen molar-refractivity contribution in [1.29, 1.82) is 0 Å². The molecule has 232 valence electrons. The number of aromatic nitrogens is 1. The summed E-state index contributed by atoms with van der Waals surface area (Å²) in [6.07, 6.45) is -0.744. The predicted octanol–water partition coefficient (Wildman–Crippen LogP) is 3.48. The number of hydrogen-bond donors (Lipinski definition) is 3. The van der Waals surface area contributed by atoms with E-state index in [1.165, 1.54) is 35.5 Å². The molecule has 1 aliphatic rings. The average molecular weight is 616 g/mol. The average Bonchev–Trinajstić information content (AvgIpc) is 3.30. The SMILES string of the molecule is COc1ccc(S(=O)(=O)N(C)C[C@H]2Oc3c(NC(=O)Nc4c(C)noc4C)cccc3C(=O)N([C@@H](C)CO)C[C@H]2C)cc1. The van der Waals surface area contributed by atoms with Crippen LogP contribution >= 0.6 is 0 Å². The smallest absolute Gasteiger partial charge is 0.323 e. The molecule has 13 nitrogen and oxygen atoms in total. The Labute approximate surface area is 250 Å². The summed E-state index contributed by atoms with van der Waals surface area (Å²) < 4.78 is 44.8. The van der Waals surface area contributed by atoms with Gasteiger partial charge in [-0.1, -0.05) is 18.1 Å². The van der Waals surface area contributed by atoms with Crippen molar-refractivity contribution in [1.82, 2.24) is 14.4 Å². The van der Waals surface area contributed by atoms with Crippen LogP contribution in [0.25, 0.3) is 0 Å². The molecule has 3 atom stereocenters. The first-order valence-electron chi connectivity index (χ1n) is 13.7. The number of urea groups is 1. The van der Waals surface area contributed by atoms with E-state index in [1.54, 1.807) is 51.1 Å². The minimum atomic E-state index is -3.91. The fourth-order valence-corrected chi connectivity index (χ4v) is 5.95. The van der Waals surface area contributed by atoms with Gasteiger partial charge in [0.05, 0.1) is 42.4 Å². The van der Waals surface area contributed by atoms with Crippen LogP contribution in [0.4, 0.5) is 16.2 Å². The van der Waals surface area contributed by atoms with Crippen molar-refractivity contribution >= 4 is 33.3 Å². The van der Waals surface area contributed by atoms with Crippen molar-refractivity contribution in [3.8, 4) is 11.5 Å². The second-order valence-corrected chi connectivity index (χ2v) is 12.6. The Hall–Kier alpha value is -4.14. The number of rotatable bonds is 9. The molecule has 1 aromatic heterocycles. The van der Waals surface area contributed by atoms with Crippen LogP contribution in [0.15, 0.2) is 51.9 Å². The van der Waals surface area contributed by atoms with E-state index in [0.717, 1.165) is 0 Å². The van der Waals surface area contributed by atoms with E-state index in [0.29, 0.717) is 22.9 Å². The van der Waals surface area contributed by atoms with Crippen molar-refractivity contribution in [2.24, 2.45) is 5.92 Å². The van der Waals surface area contributed by atoms with Gasteiger partial charge in [0.2, 0.25) is 10.0 Å². The van der Waals surface area contributed by atoms with Gasteiger partial charge in [-0.05, 0) is 57.2 Å². The number of hydrogen-bond acceptors (Lipinski definition) is 9. The van der Waals surface area contributed by atoms with Gasteiger partial charge in [-0.2, -0.15) is 4.31 Å². The van der Waals surface area contributed by atoms with Gasteiger partial charge in [-0.3, -0.25) is 4.79 Å². The molecule has 0 radical (unpaired) electrons. The monoisotopic (exact) mass is 615 g/mol.